The summed E-state index contributed by atoms with van der Waals surface area (Å²) in [5.41, 5.74) is 2.14. The summed E-state index contributed by atoms with van der Waals surface area (Å²) < 4.78 is 9.61. The molecule has 2 aromatic carbocycles. The van der Waals surface area contributed by atoms with Crippen molar-refractivity contribution in [2.45, 2.75) is 77.4 Å². The molecule has 0 bridgehead atoms. The number of aromatic nitrogens is 2. The lowest BCUT2D eigenvalue weighted by Crippen LogP contribution is -2.40. The number of amides is 2. The zero-order valence-corrected chi connectivity index (χ0v) is 26.3. The molecule has 1 unspecified atom stereocenters. The molecule has 0 spiro atoms. The Morgan fingerprint density at radius 1 is 1.14 bits per heavy atom. The van der Waals surface area contributed by atoms with Gasteiger partial charge in [-0.25, -0.2) is 9.59 Å². The summed E-state index contributed by atoms with van der Waals surface area (Å²) in [6.45, 7) is 9.01. The molecule has 2 heterocycles. The molecule has 3 aromatic rings. The molecule has 0 saturated carbocycles. The van der Waals surface area contributed by atoms with Crippen LogP contribution in [-0.2, 0) is 14.3 Å². The van der Waals surface area contributed by atoms with Crippen LogP contribution in [0.25, 0.3) is 11.4 Å². The topological polar surface area (TPSA) is 147 Å². The van der Waals surface area contributed by atoms with Gasteiger partial charge in [0.15, 0.2) is 5.82 Å². The second-order valence-electron chi connectivity index (χ2n) is 12.0. The number of alkyl carbamates (subject to hydrolysis) is 1. The van der Waals surface area contributed by atoms with Gasteiger partial charge in [-0.15, -0.1) is 0 Å². The van der Waals surface area contributed by atoms with Crippen LogP contribution in [0.2, 0.25) is 0 Å². The number of hydrogen-bond acceptors (Lipinski definition) is 8. The molecule has 1 aromatic heterocycles. The number of nitrogens with zero attached hydrogens (tertiary/aromatic N) is 2. The van der Waals surface area contributed by atoms with Gasteiger partial charge in [0.2, 0.25) is 5.91 Å². The van der Waals surface area contributed by atoms with Gasteiger partial charge in [-0.05, 0) is 89.9 Å². The van der Waals surface area contributed by atoms with E-state index < -0.39 is 11.4 Å². The number of ether oxygens (including phenoxy) is 1. The number of H-pyrrole nitrogens is 1. The molecule has 11 nitrogen and oxygen atoms in total. The fourth-order valence-corrected chi connectivity index (χ4v) is 5.07. The maximum absolute atomic E-state index is 12.9. The maximum atomic E-state index is 12.9. The van der Waals surface area contributed by atoms with Crippen molar-refractivity contribution in [3.63, 3.8) is 0 Å². The van der Waals surface area contributed by atoms with Crippen molar-refractivity contribution in [1.29, 1.82) is 0 Å². The highest BCUT2D eigenvalue weighted by Crippen LogP contribution is 2.33. The van der Waals surface area contributed by atoms with Gasteiger partial charge in [0.25, 0.3) is 0 Å². The SMILES string of the molecule is CCC(C=O)CCCCNC(=O)OC(C)(C)C.CN1CC[C@@H](c2ccccc2)[C@H]1C(=O)Nc1ccc(-c2noc(=O)[nH]2)cc1. The minimum absolute atomic E-state index is 0.0218. The fourth-order valence-electron chi connectivity index (χ4n) is 5.07. The number of benzene rings is 2. The van der Waals surface area contributed by atoms with E-state index in [-0.39, 0.29) is 29.9 Å². The second kappa shape index (κ2) is 16.6. The fraction of sp³-hybridized carbons (Fsp3) is 0.485. The van der Waals surface area contributed by atoms with Crippen LogP contribution in [-0.4, -0.2) is 65.1 Å². The molecule has 1 aliphatic heterocycles. The Kier molecular flexibility index (Phi) is 12.9. The summed E-state index contributed by atoms with van der Waals surface area (Å²) in [6, 6.07) is 17.1. The van der Waals surface area contributed by atoms with Crippen molar-refractivity contribution in [3.8, 4) is 11.4 Å². The van der Waals surface area contributed by atoms with Gasteiger partial charge in [0, 0.05) is 29.6 Å². The molecule has 4 rings (SSSR count). The number of anilines is 1. The Bertz CT molecular complexity index is 1380. The lowest BCUT2D eigenvalue weighted by molar-refractivity contribution is -0.120. The van der Waals surface area contributed by atoms with Crippen LogP contribution < -0.4 is 16.4 Å². The Morgan fingerprint density at radius 2 is 1.84 bits per heavy atom. The number of aromatic amines is 1. The number of aldehydes is 1. The Labute approximate surface area is 258 Å². The summed E-state index contributed by atoms with van der Waals surface area (Å²) >= 11 is 0. The van der Waals surface area contributed by atoms with Crippen molar-refractivity contribution < 1.29 is 23.6 Å². The zero-order valence-electron chi connectivity index (χ0n) is 26.3. The molecule has 44 heavy (non-hydrogen) atoms. The van der Waals surface area contributed by atoms with Gasteiger partial charge < -0.3 is 20.2 Å². The predicted octanol–water partition coefficient (Wildman–Crippen LogP) is 5.36. The molecule has 1 aliphatic rings. The number of carbonyl (C=O) groups excluding carboxylic acids is 3. The molecule has 11 heteroatoms. The third-order valence-corrected chi connectivity index (χ3v) is 7.40. The first-order valence-electron chi connectivity index (χ1n) is 15.1. The number of nitrogens with one attached hydrogen (secondary N) is 3. The van der Waals surface area contributed by atoms with Gasteiger partial charge >= 0.3 is 11.8 Å². The predicted molar refractivity (Wildman–Crippen MR) is 169 cm³/mol. The smallest absolute Gasteiger partial charge is 0.439 e. The second-order valence-corrected chi connectivity index (χ2v) is 12.0. The van der Waals surface area contributed by atoms with Gasteiger partial charge in [-0.2, -0.15) is 0 Å². The number of likely N-dealkylation sites (N-methyl/N-ethyl adjacent to an activating group) is 1. The van der Waals surface area contributed by atoms with Crippen molar-refractivity contribution in [2.24, 2.45) is 5.92 Å². The van der Waals surface area contributed by atoms with E-state index in [4.69, 9.17) is 4.74 Å². The summed E-state index contributed by atoms with van der Waals surface area (Å²) in [4.78, 5) is 50.4. The zero-order chi connectivity index (χ0) is 32.1. The lowest BCUT2D eigenvalue weighted by Gasteiger charge is -2.24. The van der Waals surface area contributed by atoms with Crippen molar-refractivity contribution in [2.75, 3.05) is 25.5 Å². The van der Waals surface area contributed by atoms with Crippen LogP contribution in [0, 0.1) is 5.92 Å². The number of hydrogen-bond donors (Lipinski definition) is 3. The highest BCUT2D eigenvalue weighted by atomic mass is 16.6. The van der Waals surface area contributed by atoms with E-state index in [0.29, 0.717) is 23.6 Å². The number of likely N-dealkylation sites (tertiary alicyclic amines) is 1. The van der Waals surface area contributed by atoms with E-state index >= 15 is 0 Å². The molecule has 3 atom stereocenters. The molecular weight excluding hydrogens is 562 g/mol. The largest absolute Gasteiger partial charge is 0.444 e. The third-order valence-electron chi connectivity index (χ3n) is 7.40. The monoisotopic (exact) mass is 607 g/mol. The number of rotatable bonds is 11. The van der Waals surface area contributed by atoms with Gasteiger partial charge in [0.05, 0.1) is 6.04 Å². The van der Waals surface area contributed by atoms with Crippen LogP contribution in [0.4, 0.5) is 10.5 Å². The van der Waals surface area contributed by atoms with Gasteiger partial charge in [-0.1, -0.05) is 48.8 Å². The van der Waals surface area contributed by atoms with E-state index in [1.165, 1.54) is 5.56 Å². The molecule has 1 fully saturated rings. The lowest BCUT2D eigenvalue weighted by atomic mass is 9.91. The first-order valence-corrected chi connectivity index (χ1v) is 15.1. The molecule has 0 radical (unpaired) electrons. The van der Waals surface area contributed by atoms with Gasteiger partial charge in [-0.3, -0.25) is 19.2 Å². The molecule has 1 saturated heterocycles. The quantitative estimate of drug-likeness (QED) is 0.195. The number of carbonyl (C=O) groups is 3. The number of unbranched alkanes of at least 4 members (excludes halogenated alkanes) is 1. The van der Waals surface area contributed by atoms with Crippen LogP contribution in [0.15, 0.2) is 63.9 Å². The van der Waals surface area contributed by atoms with E-state index in [0.717, 1.165) is 44.9 Å². The molecule has 238 valence electrons. The van der Waals surface area contributed by atoms with E-state index in [2.05, 4.69) is 42.3 Å². The summed E-state index contributed by atoms with van der Waals surface area (Å²) in [6.07, 6.45) is 5.22. The summed E-state index contributed by atoms with van der Waals surface area (Å²) in [5.74, 6) is 0.0785. The van der Waals surface area contributed by atoms with Crippen LogP contribution in [0.1, 0.15) is 71.3 Å². The minimum atomic E-state index is -0.599. The highest BCUT2D eigenvalue weighted by Gasteiger charge is 2.38. The Balaban J connectivity index is 0.000000271. The van der Waals surface area contributed by atoms with E-state index in [9.17, 15) is 19.2 Å². The average molecular weight is 608 g/mol. The molecule has 2 amide bonds. The minimum Gasteiger partial charge on any atom is -0.444 e. The van der Waals surface area contributed by atoms with Crippen molar-refractivity contribution in [3.05, 3.63) is 70.7 Å². The van der Waals surface area contributed by atoms with Crippen molar-refractivity contribution >= 4 is 24.0 Å². The summed E-state index contributed by atoms with van der Waals surface area (Å²) in [5, 5.41) is 9.36. The molecule has 3 N–H and O–H groups in total. The first kappa shape index (κ1) is 34.2. The average Bonchev–Trinajstić information content (AvgIpc) is 3.60. The Hall–Kier alpha value is -4.25. The Morgan fingerprint density at radius 3 is 2.43 bits per heavy atom. The molecule has 0 aliphatic carbocycles. The van der Waals surface area contributed by atoms with Crippen LogP contribution in [0.3, 0.4) is 0 Å². The maximum Gasteiger partial charge on any atom is 0.439 e. The first-order chi connectivity index (χ1) is 21.0. The van der Waals surface area contributed by atoms with Crippen LogP contribution >= 0.6 is 0 Å². The van der Waals surface area contributed by atoms with Gasteiger partial charge in [0.1, 0.15) is 11.9 Å². The standard InChI is InChI=1S/C20H20N4O3.C13H25NO3/c1-24-12-11-16(13-5-3-2-4-6-13)17(24)19(25)21-15-9-7-14(8-10-15)18-22-20(26)27-23-18;1-5-11(10-15)8-6-7-9-14-12(16)17-13(2,3)4/h2-10,16-17H,11-12H2,1H3,(H,21,25)(H,22,23,26);10-11H,5-9H2,1-4H3,(H,14,16)/t16-,17-;/m0./s1. The normalized spacial score (nSPS) is 17.2. The van der Waals surface area contributed by atoms with Crippen LogP contribution in [0.5, 0.6) is 0 Å². The van der Waals surface area contributed by atoms with Crippen molar-refractivity contribution in [1.82, 2.24) is 20.4 Å². The third kappa shape index (κ3) is 10.8. The van der Waals surface area contributed by atoms with E-state index in [1.807, 2.05) is 52.9 Å². The summed E-state index contributed by atoms with van der Waals surface area (Å²) in [7, 11) is 1.98. The highest BCUT2D eigenvalue weighted by molar-refractivity contribution is 5.96. The van der Waals surface area contributed by atoms with E-state index in [1.54, 1.807) is 24.3 Å². The molecular formula is C33H45N5O6.